The molecule has 156 valence electrons. The molecule has 5 aromatic rings. The van der Waals surface area contributed by atoms with E-state index in [9.17, 15) is 0 Å². The number of ether oxygens (including phenoxy) is 1. The van der Waals surface area contributed by atoms with Crippen molar-refractivity contribution >= 4 is 16.7 Å². The van der Waals surface area contributed by atoms with Crippen molar-refractivity contribution in [1.82, 2.24) is 24.9 Å². The van der Waals surface area contributed by atoms with Crippen LogP contribution in [0.5, 0.6) is 5.88 Å². The van der Waals surface area contributed by atoms with Gasteiger partial charge in [0, 0.05) is 41.5 Å². The number of nitrogens with two attached hydrogens (primary N) is 1. The minimum Gasteiger partial charge on any atom is -0.475 e. The number of rotatable bonds is 6. The van der Waals surface area contributed by atoms with Gasteiger partial charge in [0.1, 0.15) is 11.5 Å². The Hall–Kier alpha value is -4.39. The van der Waals surface area contributed by atoms with E-state index in [2.05, 4.69) is 26.0 Å². The van der Waals surface area contributed by atoms with Crippen molar-refractivity contribution in [2.45, 2.75) is 6.42 Å². The molecule has 2 aromatic carbocycles. The Balaban J connectivity index is 1.54. The van der Waals surface area contributed by atoms with E-state index in [1.165, 1.54) is 0 Å². The molecule has 3 aromatic heterocycles. The number of nitrogens with zero attached hydrogens (tertiary/aromatic N) is 5. The van der Waals surface area contributed by atoms with Gasteiger partial charge in [-0.05, 0) is 24.3 Å². The molecular formula is C25H20N6O. The Kier molecular flexibility index (Phi) is 5.36. The number of anilines is 1. The van der Waals surface area contributed by atoms with E-state index in [0.29, 0.717) is 36.1 Å². The van der Waals surface area contributed by atoms with Gasteiger partial charge in [-0.2, -0.15) is 0 Å². The molecule has 32 heavy (non-hydrogen) atoms. The Morgan fingerprint density at radius 2 is 1.50 bits per heavy atom. The highest BCUT2D eigenvalue weighted by Gasteiger charge is 2.17. The summed E-state index contributed by atoms with van der Waals surface area (Å²) < 4.78 is 5.89. The van der Waals surface area contributed by atoms with Gasteiger partial charge >= 0.3 is 0 Å². The zero-order valence-electron chi connectivity index (χ0n) is 17.2. The van der Waals surface area contributed by atoms with Gasteiger partial charge in [-0.3, -0.25) is 4.98 Å². The van der Waals surface area contributed by atoms with Crippen LogP contribution in [-0.4, -0.2) is 31.5 Å². The van der Waals surface area contributed by atoms with Crippen LogP contribution in [0.2, 0.25) is 0 Å². The molecule has 0 bridgehead atoms. The normalized spacial score (nSPS) is 10.9. The first-order valence-corrected chi connectivity index (χ1v) is 10.2. The third kappa shape index (κ3) is 4.09. The van der Waals surface area contributed by atoms with Crippen LogP contribution in [0.15, 0.2) is 85.3 Å². The van der Waals surface area contributed by atoms with E-state index in [4.69, 9.17) is 15.5 Å². The highest BCUT2D eigenvalue weighted by Crippen LogP contribution is 2.34. The second kappa shape index (κ2) is 8.77. The number of hydrogen-bond acceptors (Lipinski definition) is 7. The van der Waals surface area contributed by atoms with Gasteiger partial charge in [-0.15, -0.1) is 0 Å². The standard InChI is InChI=1S/C25H20N6O/c26-24-25(32-15-11-21-28-13-5-14-29-21)31-23(22(30-24)17-6-2-1-3-7-17)19-9-10-20-18(16-19)8-4-12-27-20/h1-10,12-14,16H,11,15H2,(H2,26,30). The van der Waals surface area contributed by atoms with Gasteiger partial charge in [0.05, 0.1) is 17.8 Å². The molecule has 0 radical (unpaired) electrons. The van der Waals surface area contributed by atoms with E-state index in [0.717, 1.165) is 22.0 Å². The lowest BCUT2D eigenvalue weighted by Gasteiger charge is -2.14. The third-order valence-electron chi connectivity index (χ3n) is 5.00. The van der Waals surface area contributed by atoms with Crippen LogP contribution in [0, 0.1) is 0 Å². The van der Waals surface area contributed by atoms with E-state index in [1.54, 1.807) is 24.7 Å². The highest BCUT2D eigenvalue weighted by molar-refractivity contribution is 5.87. The summed E-state index contributed by atoms with van der Waals surface area (Å²) in [5, 5.41) is 1.02. The lowest BCUT2D eigenvalue weighted by molar-refractivity contribution is 0.308. The molecule has 0 aliphatic carbocycles. The van der Waals surface area contributed by atoms with Gasteiger partial charge in [0.15, 0.2) is 5.82 Å². The maximum absolute atomic E-state index is 6.24. The smallest absolute Gasteiger partial charge is 0.257 e. The number of pyridine rings is 1. The predicted octanol–water partition coefficient (Wildman–Crippen LogP) is 4.35. The van der Waals surface area contributed by atoms with Crippen LogP contribution in [0.1, 0.15) is 5.82 Å². The van der Waals surface area contributed by atoms with E-state index in [1.807, 2.05) is 54.6 Å². The molecular weight excluding hydrogens is 400 g/mol. The van der Waals surface area contributed by atoms with Gasteiger partial charge < -0.3 is 10.5 Å². The van der Waals surface area contributed by atoms with Gasteiger partial charge in [0.2, 0.25) is 0 Å². The first-order chi connectivity index (χ1) is 15.8. The first-order valence-electron chi connectivity index (χ1n) is 10.2. The average Bonchev–Trinajstić information content (AvgIpc) is 2.86. The molecule has 0 unspecified atom stereocenters. The Morgan fingerprint density at radius 3 is 2.34 bits per heavy atom. The van der Waals surface area contributed by atoms with Crippen LogP contribution < -0.4 is 10.5 Å². The summed E-state index contributed by atoms with van der Waals surface area (Å²) in [6.07, 6.45) is 5.73. The van der Waals surface area contributed by atoms with E-state index < -0.39 is 0 Å². The Bertz CT molecular complexity index is 1360. The number of fused-ring (bicyclic) bond motifs is 1. The van der Waals surface area contributed by atoms with Crippen molar-refractivity contribution in [3.05, 3.63) is 91.1 Å². The summed E-state index contributed by atoms with van der Waals surface area (Å²) in [5.41, 5.74) is 10.4. The number of benzene rings is 2. The number of aromatic nitrogens is 5. The molecule has 0 fully saturated rings. The summed E-state index contributed by atoms with van der Waals surface area (Å²) in [6.45, 7) is 0.342. The van der Waals surface area contributed by atoms with Crippen LogP contribution in [0.4, 0.5) is 5.82 Å². The third-order valence-corrected chi connectivity index (χ3v) is 5.00. The fourth-order valence-electron chi connectivity index (χ4n) is 3.46. The molecule has 0 aliphatic rings. The largest absolute Gasteiger partial charge is 0.475 e. The molecule has 7 heteroatoms. The van der Waals surface area contributed by atoms with Crippen LogP contribution >= 0.6 is 0 Å². The molecule has 0 amide bonds. The Morgan fingerprint density at radius 1 is 0.719 bits per heavy atom. The zero-order valence-corrected chi connectivity index (χ0v) is 17.2. The summed E-state index contributed by atoms with van der Waals surface area (Å²) in [7, 11) is 0. The van der Waals surface area contributed by atoms with Crippen LogP contribution in [0.3, 0.4) is 0 Å². The molecule has 0 aliphatic heterocycles. The van der Waals surface area contributed by atoms with Crippen LogP contribution in [0.25, 0.3) is 33.4 Å². The van der Waals surface area contributed by atoms with E-state index in [-0.39, 0.29) is 5.82 Å². The second-order valence-electron chi connectivity index (χ2n) is 7.15. The first kappa shape index (κ1) is 19.6. The predicted molar refractivity (Wildman–Crippen MR) is 124 cm³/mol. The van der Waals surface area contributed by atoms with Crippen molar-refractivity contribution < 1.29 is 4.74 Å². The fourth-order valence-corrected chi connectivity index (χ4v) is 3.46. The van der Waals surface area contributed by atoms with Crippen molar-refractivity contribution in [1.29, 1.82) is 0 Å². The Labute approximate surface area is 185 Å². The SMILES string of the molecule is Nc1nc(-c2ccccc2)c(-c2ccc3ncccc3c2)nc1OCCc1ncccn1. The van der Waals surface area contributed by atoms with E-state index >= 15 is 0 Å². The quantitative estimate of drug-likeness (QED) is 0.436. The van der Waals surface area contributed by atoms with Crippen molar-refractivity contribution in [2.24, 2.45) is 0 Å². The van der Waals surface area contributed by atoms with Gasteiger partial charge in [0.25, 0.3) is 5.88 Å². The zero-order chi connectivity index (χ0) is 21.8. The molecule has 2 N–H and O–H groups in total. The highest BCUT2D eigenvalue weighted by atomic mass is 16.5. The number of hydrogen-bond donors (Lipinski definition) is 1. The monoisotopic (exact) mass is 420 g/mol. The maximum atomic E-state index is 6.24. The van der Waals surface area contributed by atoms with Crippen molar-refractivity contribution in [3.63, 3.8) is 0 Å². The van der Waals surface area contributed by atoms with Gasteiger partial charge in [-0.1, -0.05) is 42.5 Å². The number of nitrogen functional groups attached to an aromatic ring is 1. The van der Waals surface area contributed by atoms with Crippen LogP contribution in [-0.2, 0) is 6.42 Å². The van der Waals surface area contributed by atoms with Crippen molar-refractivity contribution in [2.75, 3.05) is 12.3 Å². The maximum Gasteiger partial charge on any atom is 0.257 e. The molecule has 7 nitrogen and oxygen atoms in total. The molecule has 0 saturated carbocycles. The minimum absolute atomic E-state index is 0.240. The lowest BCUT2D eigenvalue weighted by atomic mass is 10.0. The summed E-state index contributed by atoms with van der Waals surface area (Å²) in [6, 6.07) is 21.6. The molecule has 0 saturated heterocycles. The van der Waals surface area contributed by atoms with Gasteiger partial charge in [-0.25, -0.2) is 19.9 Å². The fraction of sp³-hybridized carbons (Fsp3) is 0.0800. The second-order valence-corrected chi connectivity index (χ2v) is 7.15. The average molecular weight is 420 g/mol. The molecule has 5 rings (SSSR count). The van der Waals surface area contributed by atoms with Crippen molar-refractivity contribution in [3.8, 4) is 28.4 Å². The molecule has 3 heterocycles. The molecule has 0 spiro atoms. The molecule has 0 atom stereocenters. The summed E-state index contributed by atoms with van der Waals surface area (Å²) in [4.78, 5) is 22.3. The summed E-state index contributed by atoms with van der Waals surface area (Å²) in [5.74, 6) is 1.23. The lowest BCUT2D eigenvalue weighted by Crippen LogP contribution is -2.09. The topological polar surface area (TPSA) is 99.7 Å². The minimum atomic E-state index is 0.240. The summed E-state index contributed by atoms with van der Waals surface area (Å²) >= 11 is 0.